The van der Waals surface area contributed by atoms with Crippen LogP contribution in [0.5, 0.6) is 0 Å². The summed E-state index contributed by atoms with van der Waals surface area (Å²) in [6.07, 6.45) is 2.64. The number of aliphatic hydroxyl groups is 1. The summed E-state index contributed by atoms with van der Waals surface area (Å²) in [4.78, 5) is 11.8. The molecule has 0 aliphatic heterocycles. The lowest BCUT2D eigenvalue weighted by Gasteiger charge is -2.45. The van der Waals surface area contributed by atoms with Crippen LogP contribution in [0.3, 0.4) is 0 Å². The van der Waals surface area contributed by atoms with Gasteiger partial charge in [0.1, 0.15) is 6.10 Å². The van der Waals surface area contributed by atoms with Crippen molar-refractivity contribution in [3.05, 3.63) is 0 Å². The van der Waals surface area contributed by atoms with Crippen LogP contribution in [0.15, 0.2) is 0 Å². The number of hydrogen-bond donors (Lipinski definition) is 1. The maximum Gasteiger partial charge on any atom is 0.308 e. The normalized spacial score (nSPS) is 28.8. The molecule has 1 aliphatic carbocycles. The van der Waals surface area contributed by atoms with Gasteiger partial charge in [-0.05, 0) is 37.0 Å². The molecule has 112 valence electrons. The quantitative estimate of drug-likeness (QED) is 0.798. The van der Waals surface area contributed by atoms with Gasteiger partial charge in [0.25, 0.3) is 0 Å². The summed E-state index contributed by atoms with van der Waals surface area (Å²) in [6, 6.07) is 0. The molecule has 0 heterocycles. The molecule has 3 unspecified atom stereocenters. The molecule has 0 amide bonds. The molecule has 0 radical (unpaired) electrons. The highest BCUT2D eigenvalue weighted by Gasteiger charge is 2.42. The zero-order valence-corrected chi connectivity index (χ0v) is 13.3. The van der Waals surface area contributed by atoms with Crippen molar-refractivity contribution in [2.75, 3.05) is 0 Å². The molecule has 0 aromatic heterocycles. The molecule has 3 atom stereocenters. The number of rotatable bonds is 3. The molecule has 3 heteroatoms. The molecule has 0 bridgehead atoms. The van der Waals surface area contributed by atoms with Crippen LogP contribution in [0.2, 0.25) is 0 Å². The Morgan fingerprint density at radius 2 is 2.00 bits per heavy atom. The Morgan fingerprint density at radius 1 is 1.42 bits per heavy atom. The van der Waals surface area contributed by atoms with E-state index in [0.29, 0.717) is 5.92 Å². The Kier molecular flexibility index (Phi) is 5.05. The van der Waals surface area contributed by atoms with E-state index in [1.165, 1.54) is 6.42 Å². The molecule has 19 heavy (non-hydrogen) atoms. The number of aliphatic hydroxyl groups excluding tert-OH is 1. The molecule has 1 aliphatic rings. The summed E-state index contributed by atoms with van der Waals surface area (Å²) in [6.45, 7) is 12.7. The van der Waals surface area contributed by atoms with E-state index in [2.05, 4.69) is 34.6 Å². The van der Waals surface area contributed by atoms with Crippen molar-refractivity contribution in [3.8, 4) is 0 Å². The maximum absolute atomic E-state index is 11.8. The van der Waals surface area contributed by atoms with Gasteiger partial charge in [0, 0.05) is 5.92 Å². The second-order valence-electron chi connectivity index (χ2n) is 7.96. The summed E-state index contributed by atoms with van der Waals surface area (Å²) >= 11 is 0. The molecule has 1 N–H and O–H groups in total. The van der Waals surface area contributed by atoms with Crippen LogP contribution in [-0.2, 0) is 9.53 Å². The highest BCUT2D eigenvalue weighted by Crippen LogP contribution is 2.46. The van der Waals surface area contributed by atoms with Crippen LogP contribution in [0, 0.1) is 16.7 Å². The number of carbonyl (C=O) groups excluding carboxylic acids is 1. The van der Waals surface area contributed by atoms with Gasteiger partial charge in [-0.3, -0.25) is 4.79 Å². The monoisotopic (exact) mass is 270 g/mol. The van der Waals surface area contributed by atoms with Crippen molar-refractivity contribution in [2.45, 2.75) is 79.4 Å². The zero-order valence-electron chi connectivity index (χ0n) is 13.3. The van der Waals surface area contributed by atoms with Gasteiger partial charge < -0.3 is 9.84 Å². The standard InChI is InChI=1S/C16H30O3/c1-11(17)9-14(18)19-13-10-16(5,6)8-7-12(13)15(2,3)4/h11-13,17H,7-10H2,1-6H3. The Labute approximate surface area is 117 Å². The summed E-state index contributed by atoms with van der Waals surface area (Å²) in [7, 11) is 0. The minimum absolute atomic E-state index is 0.0185. The van der Waals surface area contributed by atoms with Crippen LogP contribution in [0.25, 0.3) is 0 Å². The average Bonchev–Trinajstić information content (AvgIpc) is 2.11. The summed E-state index contributed by atoms with van der Waals surface area (Å²) in [5.41, 5.74) is 0.379. The maximum atomic E-state index is 11.8. The van der Waals surface area contributed by atoms with Crippen LogP contribution in [0.4, 0.5) is 0 Å². The molecule has 1 fully saturated rings. The van der Waals surface area contributed by atoms with Crippen LogP contribution < -0.4 is 0 Å². The van der Waals surface area contributed by atoms with Gasteiger partial charge in [0.2, 0.25) is 0 Å². The Bertz CT molecular complexity index is 312. The van der Waals surface area contributed by atoms with E-state index < -0.39 is 6.10 Å². The fourth-order valence-electron chi connectivity index (χ4n) is 3.09. The van der Waals surface area contributed by atoms with Crippen molar-refractivity contribution in [2.24, 2.45) is 16.7 Å². The number of hydrogen-bond acceptors (Lipinski definition) is 3. The molecular weight excluding hydrogens is 240 g/mol. The van der Waals surface area contributed by atoms with Gasteiger partial charge in [-0.15, -0.1) is 0 Å². The summed E-state index contributed by atoms with van der Waals surface area (Å²) < 4.78 is 5.68. The highest BCUT2D eigenvalue weighted by atomic mass is 16.5. The van der Waals surface area contributed by atoms with Gasteiger partial charge in [-0.1, -0.05) is 34.6 Å². The van der Waals surface area contributed by atoms with Gasteiger partial charge >= 0.3 is 5.97 Å². The predicted octanol–water partition coefficient (Wildman–Crippen LogP) is 3.54. The van der Waals surface area contributed by atoms with E-state index in [9.17, 15) is 9.90 Å². The van der Waals surface area contributed by atoms with E-state index in [1.807, 2.05) is 0 Å². The first-order chi connectivity index (χ1) is 8.51. The molecule has 1 rings (SSSR count). The molecule has 0 spiro atoms. The van der Waals surface area contributed by atoms with Crippen molar-refractivity contribution in [1.29, 1.82) is 0 Å². The van der Waals surface area contributed by atoms with Gasteiger partial charge in [0.05, 0.1) is 12.5 Å². The Hall–Kier alpha value is -0.570. The van der Waals surface area contributed by atoms with E-state index in [-0.39, 0.29) is 29.3 Å². The first-order valence-electron chi connectivity index (χ1n) is 7.39. The van der Waals surface area contributed by atoms with Gasteiger partial charge in [-0.25, -0.2) is 0 Å². The highest BCUT2D eigenvalue weighted by molar-refractivity contribution is 5.70. The Morgan fingerprint density at radius 3 is 2.47 bits per heavy atom. The lowest BCUT2D eigenvalue weighted by atomic mass is 9.64. The summed E-state index contributed by atoms with van der Waals surface area (Å²) in [5, 5.41) is 9.28. The van der Waals surface area contributed by atoms with E-state index in [4.69, 9.17) is 4.74 Å². The molecule has 0 aromatic rings. The second kappa shape index (κ2) is 5.82. The second-order valence-corrected chi connectivity index (χ2v) is 7.96. The molecule has 0 saturated heterocycles. The topological polar surface area (TPSA) is 46.5 Å². The number of ether oxygens (including phenoxy) is 1. The lowest BCUT2D eigenvalue weighted by molar-refractivity contribution is -0.162. The smallest absolute Gasteiger partial charge is 0.308 e. The van der Waals surface area contributed by atoms with Gasteiger partial charge in [-0.2, -0.15) is 0 Å². The van der Waals surface area contributed by atoms with Crippen molar-refractivity contribution in [3.63, 3.8) is 0 Å². The van der Waals surface area contributed by atoms with Gasteiger partial charge in [0.15, 0.2) is 0 Å². The van der Waals surface area contributed by atoms with E-state index >= 15 is 0 Å². The minimum atomic E-state index is -0.628. The van der Waals surface area contributed by atoms with Crippen molar-refractivity contribution < 1.29 is 14.6 Å². The van der Waals surface area contributed by atoms with E-state index in [1.54, 1.807) is 6.92 Å². The minimum Gasteiger partial charge on any atom is -0.462 e. The number of esters is 1. The lowest BCUT2D eigenvalue weighted by Crippen LogP contribution is -2.43. The third kappa shape index (κ3) is 5.13. The molecule has 1 saturated carbocycles. The Balaban J connectivity index is 2.75. The first-order valence-corrected chi connectivity index (χ1v) is 7.39. The van der Waals surface area contributed by atoms with Crippen LogP contribution >= 0.6 is 0 Å². The SMILES string of the molecule is CC(O)CC(=O)OC1CC(C)(C)CCC1C(C)(C)C. The molecular formula is C16H30O3. The molecule has 0 aromatic carbocycles. The number of carbonyl (C=O) groups is 1. The third-order valence-corrected chi connectivity index (χ3v) is 4.19. The predicted molar refractivity (Wildman–Crippen MR) is 76.8 cm³/mol. The van der Waals surface area contributed by atoms with E-state index in [0.717, 1.165) is 12.8 Å². The fourth-order valence-corrected chi connectivity index (χ4v) is 3.09. The molecule has 3 nitrogen and oxygen atoms in total. The first kappa shape index (κ1) is 16.5. The largest absolute Gasteiger partial charge is 0.462 e. The summed E-state index contributed by atoms with van der Waals surface area (Å²) in [5.74, 6) is 0.130. The third-order valence-electron chi connectivity index (χ3n) is 4.19. The fraction of sp³-hybridized carbons (Fsp3) is 0.938. The zero-order chi connectivity index (χ0) is 14.8. The van der Waals surface area contributed by atoms with Crippen molar-refractivity contribution in [1.82, 2.24) is 0 Å². The van der Waals surface area contributed by atoms with Crippen molar-refractivity contribution >= 4 is 5.97 Å². The van der Waals surface area contributed by atoms with Crippen LogP contribution in [-0.4, -0.2) is 23.3 Å². The van der Waals surface area contributed by atoms with Crippen LogP contribution in [0.1, 0.15) is 67.2 Å². The average molecular weight is 270 g/mol.